The maximum absolute atomic E-state index is 4.78. The van der Waals surface area contributed by atoms with E-state index in [9.17, 15) is 0 Å². The Morgan fingerprint density at radius 2 is 0.833 bits per heavy atom. The highest BCUT2D eigenvalue weighted by molar-refractivity contribution is 7.81. The molecule has 0 bridgehead atoms. The van der Waals surface area contributed by atoms with E-state index in [1.54, 1.807) is 0 Å². The normalized spacial score (nSPS) is 12.6. The third-order valence-corrected chi connectivity index (χ3v) is 5.92. The van der Waals surface area contributed by atoms with E-state index in [-0.39, 0.29) is 0 Å². The van der Waals surface area contributed by atoms with E-state index in [1.165, 1.54) is 122 Å². The molecule has 0 nitrogen and oxygen atoms in total. The van der Waals surface area contributed by atoms with Crippen molar-refractivity contribution in [1.29, 1.82) is 0 Å². The van der Waals surface area contributed by atoms with E-state index in [1.807, 2.05) is 0 Å². The van der Waals surface area contributed by atoms with Crippen molar-refractivity contribution < 1.29 is 0 Å². The molecule has 1 atom stereocenters. The maximum atomic E-state index is 4.78. The van der Waals surface area contributed by atoms with Crippen molar-refractivity contribution >= 4 is 25.3 Å². The lowest BCUT2D eigenvalue weighted by molar-refractivity contribution is 0.529. The van der Waals surface area contributed by atoms with Crippen LogP contribution in [0.5, 0.6) is 0 Å². The number of rotatable bonds is 20. The van der Waals surface area contributed by atoms with Crippen molar-refractivity contribution in [3.8, 4) is 0 Å². The predicted octanol–water partition coefficient (Wildman–Crippen LogP) is 8.65. The Kier molecular flexibility index (Phi) is 22.4. The summed E-state index contributed by atoms with van der Waals surface area (Å²) in [6.45, 7) is 2.29. The van der Waals surface area contributed by atoms with Crippen molar-refractivity contribution in [3.05, 3.63) is 0 Å². The van der Waals surface area contributed by atoms with E-state index in [0.717, 1.165) is 5.75 Å². The summed E-state index contributed by atoms with van der Waals surface area (Å²) in [5.41, 5.74) is 0. The van der Waals surface area contributed by atoms with Crippen LogP contribution in [0, 0.1) is 0 Å². The highest BCUT2D eigenvalue weighted by atomic mass is 32.1. The van der Waals surface area contributed by atoms with Crippen LogP contribution in [0.3, 0.4) is 0 Å². The molecule has 0 N–H and O–H groups in total. The third-order valence-electron chi connectivity index (χ3n) is 5.09. The van der Waals surface area contributed by atoms with Gasteiger partial charge in [0, 0.05) is 5.25 Å². The summed E-state index contributed by atoms with van der Waals surface area (Å²) >= 11 is 9.04. The van der Waals surface area contributed by atoms with Crippen molar-refractivity contribution in [2.75, 3.05) is 5.75 Å². The summed E-state index contributed by atoms with van der Waals surface area (Å²) in [4.78, 5) is 0. The molecule has 0 heterocycles. The molecule has 0 aromatic heterocycles. The first-order valence-corrected chi connectivity index (χ1v) is 12.2. The van der Waals surface area contributed by atoms with E-state index in [2.05, 4.69) is 19.6 Å². The van der Waals surface area contributed by atoms with Gasteiger partial charge in [-0.15, -0.1) is 0 Å². The minimum absolute atomic E-state index is 0.654. The van der Waals surface area contributed by atoms with Crippen molar-refractivity contribution in [1.82, 2.24) is 0 Å². The molecular formula is C22H46S2. The van der Waals surface area contributed by atoms with Gasteiger partial charge in [-0.3, -0.25) is 0 Å². The first-order valence-electron chi connectivity index (χ1n) is 11.1. The third kappa shape index (κ3) is 20.7. The molecule has 0 amide bonds. The molecule has 0 rings (SSSR count). The zero-order chi connectivity index (χ0) is 17.7. The van der Waals surface area contributed by atoms with Gasteiger partial charge in [0.25, 0.3) is 0 Å². The van der Waals surface area contributed by atoms with Gasteiger partial charge in [0.2, 0.25) is 0 Å². The standard InChI is InChI=1S/C22H46S2/c1-2-3-4-5-6-7-8-9-10-13-16-19-22(24)20-17-14-11-12-15-18-21-23/h22-24H,2-21H2,1H3. The van der Waals surface area contributed by atoms with Gasteiger partial charge in [-0.05, 0) is 25.0 Å². The zero-order valence-electron chi connectivity index (χ0n) is 16.6. The molecule has 2 heteroatoms. The SMILES string of the molecule is CCCCCCCCCCCCCC(S)CCCCCCCCS. The van der Waals surface area contributed by atoms with Crippen LogP contribution in [0.4, 0.5) is 0 Å². The van der Waals surface area contributed by atoms with Crippen LogP contribution in [-0.4, -0.2) is 11.0 Å². The fourth-order valence-corrected chi connectivity index (χ4v) is 3.98. The smallest absolute Gasteiger partial charge is 0.00168 e. The lowest BCUT2D eigenvalue weighted by atomic mass is 10.0. The molecule has 0 spiro atoms. The van der Waals surface area contributed by atoms with Gasteiger partial charge >= 0.3 is 0 Å². The summed E-state index contributed by atoms with van der Waals surface area (Å²) < 4.78 is 0. The lowest BCUT2D eigenvalue weighted by Gasteiger charge is -2.10. The van der Waals surface area contributed by atoms with Gasteiger partial charge in [-0.1, -0.05) is 110 Å². The zero-order valence-corrected chi connectivity index (χ0v) is 18.4. The summed E-state index contributed by atoms with van der Waals surface area (Å²) in [5.74, 6) is 1.05. The topological polar surface area (TPSA) is 0 Å². The number of hydrogen-bond donors (Lipinski definition) is 2. The van der Waals surface area contributed by atoms with Gasteiger partial charge in [0.05, 0.1) is 0 Å². The predicted molar refractivity (Wildman–Crippen MR) is 120 cm³/mol. The van der Waals surface area contributed by atoms with Crippen LogP contribution >= 0.6 is 25.3 Å². The molecule has 0 aliphatic carbocycles. The van der Waals surface area contributed by atoms with E-state index in [0.29, 0.717) is 5.25 Å². The molecule has 1 unspecified atom stereocenters. The molecule has 24 heavy (non-hydrogen) atoms. The maximum Gasteiger partial charge on any atom is 0.00168 e. The minimum Gasteiger partial charge on any atom is -0.179 e. The molecule has 0 aliphatic rings. The van der Waals surface area contributed by atoms with Crippen LogP contribution in [0.1, 0.15) is 129 Å². The second kappa shape index (κ2) is 21.7. The van der Waals surface area contributed by atoms with Crippen LogP contribution in [0.2, 0.25) is 0 Å². The summed E-state index contributed by atoms with van der Waals surface area (Å²) in [6.07, 6.45) is 26.7. The van der Waals surface area contributed by atoms with Crippen LogP contribution in [-0.2, 0) is 0 Å². The Hall–Kier alpha value is 0.700. The monoisotopic (exact) mass is 374 g/mol. The second-order valence-corrected chi connectivity index (χ2v) is 8.79. The van der Waals surface area contributed by atoms with Gasteiger partial charge in [0.1, 0.15) is 0 Å². The van der Waals surface area contributed by atoms with Gasteiger partial charge < -0.3 is 0 Å². The summed E-state index contributed by atoms with van der Waals surface area (Å²) in [6, 6.07) is 0. The molecule has 0 saturated heterocycles. The van der Waals surface area contributed by atoms with Crippen LogP contribution in [0.25, 0.3) is 0 Å². The minimum atomic E-state index is 0.654. The van der Waals surface area contributed by atoms with Crippen molar-refractivity contribution in [3.63, 3.8) is 0 Å². The molecule has 146 valence electrons. The van der Waals surface area contributed by atoms with Crippen LogP contribution in [0.15, 0.2) is 0 Å². The molecule has 0 aromatic carbocycles. The summed E-state index contributed by atoms with van der Waals surface area (Å²) in [5, 5.41) is 0.654. The van der Waals surface area contributed by atoms with Crippen molar-refractivity contribution in [2.24, 2.45) is 0 Å². The Morgan fingerprint density at radius 3 is 1.21 bits per heavy atom. The molecule has 0 aromatic rings. The Bertz CT molecular complexity index is 218. The highest BCUT2D eigenvalue weighted by Gasteiger charge is 2.03. The van der Waals surface area contributed by atoms with Gasteiger partial charge in [0.15, 0.2) is 0 Å². The highest BCUT2D eigenvalue weighted by Crippen LogP contribution is 2.18. The van der Waals surface area contributed by atoms with Gasteiger partial charge in [-0.25, -0.2) is 0 Å². The average Bonchev–Trinajstić information content (AvgIpc) is 2.59. The quantitative estimate of drug-likeness (QED) is 0.154. The van der Waals surface area contributed by atoms with Crippen molar-refractivity contribution in [2.45, 2.75) is 134 Å². The largest absolute Gasteiger partial charge is 0.179 e. The van der Waals surface area contributed by atoms with Gasteiger partial charge in [-0.2, -0.15) is 25.3 Å². The Labute approximate surface area is 165 Å². The lowest BCUT2D eigenvalue weighted by Crippen LogP contribution is -1.98. The van der Waals surface area contributed by atoms with E-state index >= 15 is 0 Å². The molecule has 0 fully saturated rings. The van der Waals surface area contributed by atoms with E-state index < -0.39 is 0 Å². The molecule has 0 aliphatic heterocycles. The summed E-state index contributed by atoms with van der Waals surface area (Å²) in [7, 11) is 0. The molecular weight excluding hydrogens is 328 g/mol. The van der Waals surface area contributed by atoms with Crippen LogP contribution < -0.4 is 0 Å². The van der Waals surface area contributed by atoms with E-state index in [4.69, 9.17) is 12.6 Å². The second-order valence-electron chi connectivity index (χ2n) is 7.61. The Morgan fingerprint density at radius 1 is 0.500 bits per heavy atom. The average molecular weight is 375 g/mol. The number of unbranched alkanes of at least 4 members (excludes halogenated alkanes) is 15. The molecule has 0 saturated carbocycles. The fourth-order valence-electron chi connectivity index (χ4n) is 3.39. The number of hydrogen-bond acceptors (Lipinski definition) is 2. The fraction of sp³-hybridized carbons (Fsp3) is 1.00. The molecule has 0 radical (unpaired) electrons. The Balaban J connectivity index is 3.11. The number of thiol groups is 2. The first kappa shape index (κ1) is 24.7. The first-order chi connectivity index (χ1) is 11.8.